The maximum Gasteiger partial charge on any atom is 0.130 e. The summed E-state index contributed by atoms with van der Waals surface area (Å²) in [7, 11) is 0. The van der Waals surface area contributed by atoms with E-state index in [0.29, 0.717) is 12.1 Å². The molecule has 1 aliphatic rings. The van der Waals surface area contributed by atoms with Gasteiger partial charge in [0, 0.05) is 24.2 Å². The van der Waals surface area contributed by atoms with Crippen molar-refractivity contribution in [3.8, 4) is 0 Å². The Hall–Kier alpha value is -1.00. The molecule has 1 fully saturated rings. The molecule has 2 rings (SSSR count). The largest absolute Gasteiger partial charge is 0.323 e. The van der Waals surface area contributed by atoms with E-state index in [1.807, 2.05) is 0 Å². The monoisotopic (exact) mass is 268 g/mol. The second kappa shape index (κ2) is 6.44. The van der Waals surface area contributed by atoms with Crippen molar-refractivity contribution in [1.29, 1.82) is 0 Å². The van der Waals surface area contributed by atoms with Gasteiger partial charge < -0.3 is 10.6 Å². The van der Waals surface area contributed by atoms with Gasteiger partial charge in [-0.25, -0.2) is 8.78 Å². The van der Waals surface area contributed by atoms with Gasteiger partial charge in [0.05, 0.1) is 0 Å². The third-order valence-electron chi connectivity index (χ3n) is 4.10. The summed E-state index contributed by atoms with van der Waals surface area (Å²) >= 11 is 0. The van der Waals surface area contributed by atoms with E-state index in [0.717, 1.165) is 25.1 Å². The van der Waals surface area contributed by atoms with E-state index >= 15 is 0 Å². The van der Waals surface area contributed by atoms with E-state index < -0.39 is 17.7 Å². The van der Waals surface area contributed by atoms with Crippen molar-refractivity contribution in [2.75, 3.05) is 19.6 Å². The highest BCUT2D eigenvalue weighted by atomic mass is 19.1. The number of benzene rings is 1. The van der Waals surface area contributed by atoms with Gasteiger partial charge >= 0.3 is 0 Å². The van der Waals surface area contributed by atoms with Gasteiger partial charge in [-0.2, -0.15) is 0 Å². The van der Waals surface area contributed by atoms with E-state index in [-0.39, 0.29) is 0 Å². The molecule has 4 heteroatoms. The summed E-state index contributed by atoms with van der Waals surface area (Å²) in [5.74, 6) is -0.289. The maximum absolute atomic E-state index is 13.6. The van der Waals surface area contributed by atoms with Crippen LogP contribution >= 0.6 is 0 Å². The van der Waals surface area contributed by atoms with Crippen LogP contribution in [0.15, 0.2) is 18.2 Å². The van der Waals surface area contributed by atoms with Gasteiger partial charge in [-0.05, 0) is 37.9 Å². The van der Waals surface area contributed by atoms with Crippen LogP contribution in [0.1, 0.15) is 37.8 Å². The van der Waals surface area contributed by atoms with Crippen LogP contribution in [0.5, 0.6) is 0 Å². The molecule has 1 unspecified atom stereocenters. The Morgan fingerprint density at radius 3 is 2.58 bits per heavy atom. The van der Waals surface area contributed by atoms with Crippen LogP contribution < -0.4 is 5.73 Å². The van der Waals surface area contributed by atoms with Crippen molar-refractivity contribution in [2.24, 2.45) is 11.7 Å². The minimum absolute atomic E-state index is 0.390. The minimum atomic E-state index is -0.558. The van der Waals surface area contributed by atoms with Gasteiger partial charge in [-0.3, -0.25) is 0 Å². The molecule has 1 aliphatic heterocycles. The van der Waals surface area contributed by atoms with Crippen LogP contribution in [0.25, 0.3) is 0 Å². The average Bonchev–Trinajstić information content (AvgIpc) is 2.39. The van der Waals surface area contributed by atoms with Crippen molar-refractivity contribution in [1.82, 2.24) is 4.90 Å². The van der Waals surface area contributed by atoms with Crippen LogP contribution in [0, 0.1) is 17.6 Å². The number of rotatable bonds is 4. The first-order valence-electron chi connectivity index (χ1n) is 7.03. The predicted octanol–water partition coefficient (Wildman–Crippen LogP) is 3.09. The van der Waals surface area contributed by atoms with Crippen molar-refractivity contribution in [2.45, 2.75) is 32.2 Å². The summed E-state index contributed by atoms with van der Waals surface area (Å²) in [5.41, 5.74) is 6.44. The fraction of sp³-hybridized carbons (Fsp3) is 0.600. The summed E-state index contributed by atoms with van der Waals surface area (Å²) in [4.78, 5) is 2.28. The average molecular weight is 268 g/mol. The lowest BCUT2D eigenvalue weighted by molar-refractivity contribution is 0.172. The van der Waals surface area contributed by atoms with E-state index in [1.54, 1.807) is 0 Å². The molecule has 106 valence electrons. The lowest BCUT2D eigenvalue weighted by Crippen LogP contribution is -2.38. The van der Waals surface area contributed by atoms with E-state index in [9.17, 15) is 8.78 Å². The molecule has 0 spiro atoms. The summed E-state index contributed by atoms with van der Waals surface area (Å²) in [6.07, 6.45) is 3.61. The van der Waals surface area contributed by atoms with Gasteiger partial charge in [0.25, 0.3) is 0 Å². The fourth-order valence-electron chi connectivity index (χ4n) is 2.76. The molecule has 0 bridgehead atoms. The van der Waals surface area contributed by atoms with E-state index in [1.165, 1.54) is 31.4 Å². The molecule has 1 atom stereocenters. The molecule has 0 saturated carbocycles. The topological polar surface area (TPSA) is 29.3 Å². The van der Waals surface area contributed by atoms with Gasteiger partial charge in [0.15, 0.2) is 0 Å². The Balaban J connectivity index is 1.92. The Morgan fingerprint density at radius 2 is 2.00 bits per heavy atom. The van der Waals surface area contributed by atoms with Crippen molar-refractivity contribution >= 4 is 0 Å². The van der Waals surface area contributed by atoms with Crippen molar-refractivity contribution in [3.63, 3.8) is 0 Å². The first-order valence-corrected chi connectivity index (χ1v) is 7.03. The molecule has 0 aromatic heterocycles. The zero-order valence-electron chi connectivity index (χ0n) is 11.4. The summed E-state index contributed by atoms with van der Waals surface area (Å²) in [6, 6.07) is 3.23. The van der Waals surface area contributed by atoms with Crippen LogP contribution in [0.3, 0.4) is 0 Å². The van der Waals surface area contributed by atoms with Gasteiger partial charge in [-0.15, -0.1) is 0 Å². The second-order valence-electron chi connectivity index (χ2n) is 5.42. The molecular weight excluding hydrogens is 246 g/mol. The number of likely N-dealkylation sites (tertiary alicyclic amines) is 1. The molecular formula is C15H22F2N2. The Bertz CT molecular complexity index is 415. The van der Waals surface area contributed by atoms with Crippen LogP contribution in [0.4, 0.5) is 8.78 Å². The maximum atomic E-state index is 13.6. The molecule has 1 aromatic rings. The number of nitrogens with zero attached hydrogens (tertiary/aromatic N) is 1. The molecule has 0 radical (unpaired) electrons. The van der Waals surface area contributed by atoms with E-state index in [4.69, 9.17) is 5.73 Å². The smallest absolute Gasteiger partial charge is 0.130 e. The third-order valence-corrected chi connectivity index (χ3v) is 4.10. The number of halogens is 2. The Labute approximate surface area is 113 Å². The number of hydrogen-bond donors (Lipinski definition) is 1. The lowest BCUT2D eigenvalue weighted by Gasteiger charge is -2.33. The van der Waals surface area contributed by atoms with Crippen LogP contribution in [0.2, 0.25) is 0 Å². The molecule has 2 N–H and O–H groups in total. The number of hydrogen-bond acceptors (Lipinski definition) is 2. The number of nitrogens with two attached hydrogens (primary N) is 1. The first-order chi connectivity index (χ1) is 9.10. The van der Waals surface area contributed by atoms with Crippen LogP contribution in [-0.4, -0.2) is 24.5 Å². The summed E-state index contributed by atoms with van der Waals surface area (Å²) in [5, 5.41) is 0. The Morgan fingerprint density at radius 1 is 1.32 bits per heavy atom. The first kappa shape index (κ1) is 14.4. The molecule has 2 nitrogen and oxygen atoms in total. The highest BCUT2D eigenvalue weighted by molar-refractivity contribution is 5.22. The van der Waals surface area contributed by atoms with Gasteiger partial charge in [-0.1, -0.05) is 19.4 Å². The van der Waals surface area contributed by atoms with Crippen molar-refractivity contribution < 1.29 is 8.78 Å². The third kappa shape index (κ3) is 3.74. The van der Waals surface area contributed by atoms with Crippen LogP contribution in [-0.2, 0) is 0 Å². The molecule has 1 saturated heterocycles. The molecule has 0 amide bonds. The van der Waals surface area contributed by atoms with E-state index in [2.05, 4.69) is 11.8 Å². The lowest BCUT2D eigenvalue weighted by atomic mass is 9.94. The zero-order valence-corrected chi connectivity index (χ0v) is 11.4. The number of piperidine rings is 1. The molecule has 1 heterocycles. The van der Waals surface area contributed by atoms with Gasteiger partial charge in [0.1, 0.15) is 11.6 Å². The molecule has 19 heavy (non-hydrogen) atoms. The van der Waals surface area contributed by atoms with Gasteiger partial charge in [0.2, 0.25) is 0 Å². The quantitative estimate of drug-likeness (QED) is 0.909. The predicted molar refractivity (Wildman–Crippen MR) is 72.7 cm³/mol. The molecule has 1 aromatic carbocycles. The highest BCUT2D eigenvalue weighted by Gasteiger charge is 2.21. The standard InChI is InChI=1S/C15H22F2N2/c1-2-11-5-7-19(8-6-11)10-15(18)13-4-3-12(16)9-14(13)17/h3-4,9,11,15H,2,5-8,10,18H2,1H3. The zero-order chi connectivity index (χ0) is 13.8. The Kier molecular flexibility index (Phi) is 4.88. The normalized spacial score (nSPS) is 19.6. The highest BCUT2D eigenvalue weighted by Crippen LogP contribution is 2.23. The second-order valence-corrected chi connectivity index (χ2v) is 5.42. The van der Waals surface area contributed by atoms with Crippen molar-refractivity contribution in [3.05, 3.63) is 35.4 Å². The summed E-state index contributed by atoms with van der Waals surface area (Å²) < 4.78 is 26.5. The summed E-state index contributed by atoms with van der Waals surface area (Å²) in [6.45, 7) is 4.91. The fourth-order valence-corrected chi connectivity index (χ4v) is 2.76. The molecule has 0 aliphatic carbocycles. The minimum Gasteiger partial charge on any atom is -0.323 e. The SMILES string of the molecule is CCC1CCN(CC(N)c2ccc(F)cc2F)CC1.